The van der Waals surface area contributed by atoms with Gasteiger partial charge in [0.1, 0.15) is 0 Å². The number of fused-ring (bicyclic) bond motifs is 1. The zero-order chi connectivity index (χ0) is 13.1. The van der Waals surface area contributed by atoms with Gasteiger partial charge in [-0.05, 0) is 30.5 Å². The van der Waals surface area contributed by atoms with Crippen molar-refractivity contribution in [3.05, 3.63) is 28.2 Å². The summed E-state index contributed by atoms with van der Waals surface area (Å²) < 4.78 is 0.992. The number of hydrogen-bond acceptors (Lipinski definition) is 2. The van der Waals surface area contributed by atoms with Gasteiger partial charge in [-0.25, -0.2) is 0 Å². The zero-order valence-electron chi connectivity index (χ0n) is 10.6. The lowest BCUT2D eigenvalue weighted by Crippen LogP contribution is -1.91. The molecule has 0 spiro atoms. The predicted octanol–water partition coefficient (Wildman–Crippen LogP) is 4.10. The highest BCUT2D eigenvalue weighted by Gasteiger charge is 2.08. The molecule has 0 amide bonds. The molecule has 1 heterocycles. The van der Waals surface area contributed by atoms with Crippen LogP contribution in [0, 0.1) is 5.92 Å². The van der Waals surface area contributed by atoms with Crippen LogP contribution in [0.4, 0.5) is 0 Å². The number of aromatic amines is 1. The van der Waals surface area contributed by atoms with Crippen molar-refractivity contribution in [1.29, 1.82) is 0 Å². The maximum absolute atomic E-state index is 9.87. The summed E-state index contributed by atoms with van der Waals surface area (Å²) in [5.41, 5.74) is 1.68. The molecule has 1 aromatic heterocycles. The summed E-state index contributed by atoms with van der Waals surface area (Å²) in [6.45, 7) is 5.14. The lowest BCUT2D eigenvalue weighted by molar-refractivity contribution is 0.457. The van der Waals surface area contributed by atoms with Crippen LogP contribution in [-0.4, -0.2) is 22.8 Å². The molecule has 0 unspecified atom stereocenters. The molecule has 4 heteroatoms. The number of benzene rings is 1. The number of nitrogens with zero attached hydrogens (tertiary/aromatic N) is 1. The highest BCUT2D eigenvalue weighted by molar-refractivity contribution is 9.10. The van der Waals surface area contributed by atoms with E-state index in [1.54, 1.807) is 6.21 Å². The second kappa shape index (κ2) is 5.57. The van der Waals surface area contributed by atoms with Gasteiger partial charge in [0.05, 0.1) is 5.56 Å². The minimum atomic E-state index is 0.177. The normalized spacial score (nSPS) is 12.0. The Morgan fingerprint density at radius 1 is 1.44 bits per heavy atom. The molecular formula is C14H17BrN2O. The Balaban J connectivity index is 2.26. The van der Waals surface area contributed by atoms with Crippen molar-refractivity contribution < 1.29 is 5.11 Å². The molecule has 0 aliphatic carbocycles. The van der Waals surface area contributed by atoms with Crippen molar-refractivity contribution in [2.75, 3.05) is 6.54 Å². The number of hydrogen-bond donors (Lipinski definition) is 2. The molecular weight excluding hydrogens is 292 g/mol. The SMILES string of the molecule is CC(C)CCN=Cc1c(O)[nH]c2ccc(Br)cc12. The molecule has 0 saturated carbocycles. The van der Waals surface area contributed by atoms with Crippen LogP contribution in [-0.2, 0) is 0 Å². The third-order valence-electron chi connectivity index (χ3n) is 2.84. The van der Waals surface area contributed by atoms with Gasteiger partial charge in [-0.2, -0.15) is 0 Å². The largest absolute Gasteiger partial charge is 0.494 e. The molecule has 2 rings (SSSR count). The van der Waals surface area contributed by atoms with E-state index >= 15 is 0 Å². The number of nitrogens with one attached hydrogen (secondary N) is 1. The number of rotatable bonds is 4. The smallest absolute Gasteiger partial charge is 0.198 e. The lowest BCUT2D eigenvalue weighted by atomic mass is 10.1. The molecule has 0 saturated heterocycles. The first kappa shape index (κ1) is 13.1. The van der Waals surface area contributed by atoms with Crippen molar-refractivity contribution in [2.45, 2.75) is 20.3 Å². The van der Waals surface area contributed by atoms with Crippen LogP contribution < -0.4 is 0 Å². The topological polar surface area (TPSA) is 48.4 Å². The Morgan fingerprint density at radius 3 is 2.94 bits per heavy atom. The van der Waals surface area contributed by atoms with Gasteiger partial charge in [0, 0.05) is 28.1 Å². The number of aromatic nitrogens is 1. The minimum absolute atomic E-state index is 0.177. The van der Waals surface area contributed by atoms with Crippen molar-refractivity contribution >= 4 is 33.0 Å². The molecule has 0 fully saturated rings. The van der Waals surface area contributed by atoms with Crippen LogP contribution in [0.15, 0.2) is 27.7 Å². The molecule has 2 aromatic rings. The van der Waals surface area contributed by atoms with Gasteiger partial charge in [-0.15, -0.1) is 0 Å². The maximum atomic E-state index is 9.87. The van der Waals surface area contributed by atoms with E-state index in [0.717, 1.165) is 33.9 Å². The first-order valence-corrected chi connectivity index (χ1v) is 6.87. The number of H-pyrrole nitrogens is 1. The van der Waals surface area contributed by atoms with Gasteiger partial charge in [0.2, 0.25) is 0 Å². The Labute approximate surface area is 115 Å². The Morgan fingerprint density at radius 2 is 2.22 bits per heavy atom. The Bertz CT molecular complexity index is 572. The lowest BCUT2D eigenvalue weighted by Gasteiger charge is -1.99. The average Bonchev–Trinajstić information content (AvgIpc) is 2.60. The molecule has 0 aliphatic rings. The van der Waals surface area contributed by atoms with E-state index in [0.29, 0.717) is 5.92 Å². The van der Waals surface area contributed by atoms with Gasteiger partial charge in [0.15, 0.2) is 5.88 Å². The summed E-state index contributed by atoms with van der Waals surface area (Å²) in [4.78, 5) is 7.32. The molecule has 96 valence electrons. The van der Waals surface area contributed by atoms with E-state index < -0.39 is 0 Å². The monoisotopic (exact) mass is 308 g/mol. The van der Waals surface area contributed by atoms with Crippen LogP contribution in [0.1, 0.15) is 25.8 Å². The fourth-order valence-corrected chi connectivity index (χ4v) is 2.15. The van der Waals surface area contributed by atoms with Crippen molar-refractivity contribution in [2.24, 2.45) is 10.9 Å². The summed E-state index contributed by atoms with van der Waals surface area (Å²) in [5, 5.41) is 10.9. The molecule has 1 aromatic carbocycles. The number of aliphatic imine (C=N–C) groups is 1. The van der Waals surface area contributed by atoms with Gasteiger partial charge in [-0.3, -0.25) is 4.99 Å². The molecule has 0 aliphatic heterocycles. The first-order chi connectivity index (χ1) is 8.58. The highest BCUT2D eigenvalue weighted by Crippen LogP contribution is 2.28. The molecule has 0 bridgehead atoms. The van der Waals surface area contributed by atoms with Gasteiger partial charge in [0.25, 0.3) is 0 Å². The van der Waals surface area contributed by atoms with E-state index in [1.165, 1.54) is 0 Å². The van der Waals surface area contributed by atoms with E-state index in [-0.39, 0.29) is 5.88 Å². The van der Waals surface area contributed by atoms with Gasteiger partial charge in [-0.1, -0.05) is 29.8 Å². The summed E-state index contributed by atoms with van der Waals surface area (Å²) in [6.07, 6.45) is 2.81. The van der Waals surface area contributed by atoms with E-state index in [9.17, 15) is 5.11 Å². The third-order valence-corrected chi connectivity index (χ3v) is 3.33. The fraction of sp³-hybridized carbons (Fsp3) is 0.357. The fourth-order valence-electron chi connectivity index (χ4n) is 1.79. The van der Waals surface area contributed by atoms with Crippen LogP contribution >= 0.6 is 15.9 Å². The Hall–Kier alpha value is -1.29. The quantitative estimate of drug-likeness (QED) is 0.821. The second-order valence-corrected chi connectivity index (χ2v) is 5.71. The zero-order valence-corrected chi connectivity index (χ0v) is 12.2. The van der Waals surface area contributed by atoms with E-state index in [2.05, 4.69) is 39.8 Å². The summed E-state index contributed by atoms with van der Waals surface area (Å²) in [5.74, 6) is 0.823. The van der Waals surface area contributed by atoms with E-state index in [4.69, 9.17) is 0 Å². The summed E-state index contributed by atoms with van der Waals surface area (Å²) in [7, 11) is 0. The van der Waals surface area contributed by atoms with Crippen molar-refractivity contribution in [1.82, 2.24) is 4.98 Å². The van der Waals surface area contributed by atoms with Gasteiger partial charge < -0.3 is 10.1 Å². The number of aromatic hydroxyl groups is 1. The Kier molecular flexibility index (Phi) is 4.07. The predicted molar refractivity (Wildman–Crippen MR) is 79.6 cm³/mol. The average molecular weight is 309 g/mol. The van der Waals surface area contributed by atoms with Crippen LogP contribution in [0.2, 0.25) is 0 Å². The second-order valence-electron chi connectivity index (χ2n) is 4.79. The van der Waals surface area contributed by atoms with Crippen molar-refractivity contribution in [3.8, 4) is 5.88 Å². The third kappa shape index (κ3) is 2.93. The molecule has 18 heavy (non-hydrogen) atoms. The molecule has 0 radical (unpaired) electrons. The summed E-state index contributed by atoms with van der Waals surface area (Å²) in [6, 6.07) is 5.86. The highest BCUT2D eigenvalue weighted by atomic mass is 79.9. The molecule has 3 nitrogen and oxygen atoms in total. The molecule has 0 atom stereocenters. The molecule has 2 N–H and O–H groups in total. The van der Waals surface area contributed by atoms with E-state index in [1.807, 2.05) is 18.2 Å². The van der Waals surface area contributed by atoms with Crippen LogP contribution in [0.25, 0.3) is 10.9 Å². The van der Waals surface area contributed by atoms with Crippen molar-refractivity contribution in [3.63, 3.8) is 0 Å². The summed E-state index contributed by atoms with van der Waals surface area (Å²) >= 11 is 3.44. The standard InChI is InChI=1S/C14H17BrN2O/c1-9(2)5-6-16-8-12-11-7-10(15)3-4-13(11)17-14(12)18/h3-4,7-9,17-18H,5-6H2,1-2H3. The maximum Gasteiger partial charge on any atom is 0.198 e. The first-order valence-electron chi connectivity index (χ1n) is 6.08. The number of halogens is 1. The van der Waals surface area contributed by atoms with Crippen LogP contribution in [0.3, 0.4) is 0 Å². The minimum Gasteiger partial charge on any atom is -0.494 e. The van der Waals surface area contributed by atoms with Gasteiger partial charge >= 0.3 is 0 Å². The van der Waals surface area contributed by atoms with Crippen LogP contribution in [0.5, 0.6) is 5.88 Å².